The van der Waals surface area contributed by atoms with Crippen molar-refractivity contribution in [1.29, 1.82) is 0 Å². The Bertz CT molecular complexity index is 780. The molecule has 138 valence electrons. The van der Waals surface area contributed by atoms with E-state index in [4.69, 9.17) is 0 Å². The van der Waals surface area contributed by atoms with Gasteiger partial charge >= 0.3 is 0 Å². The van der Waals surface area contributed by atoms with Crippen LogP contribution in [0, 0.1) is 19.3 Å². The zero-order chi connectivity index (χ0) is 18.1. The Labute approximate surface area is 155 Å². The summed E-state index contributed by atoms with van der Waals surface area (Å²) < 4.78 is 2.20. The predicted octanol–water partition coefficient (Wildman–Crippen LogP) is 2.76. The van der Waals surface area contributed by atoms with E-state index in [0.717, 1.165) is 61.7 Å². The number of rotatable bonds is 3. The molecule has 2 aromatic heterocycles. The maximum absolute atomic E-state index is 13.1. The highest BCUT2D eigenvalue weighted by Crippen LogP contribution is 2.37. The average Bonchev–Trinajstić information content (AvgIpc) is 3.22. The first-order valence-corrected chi connectivity index (χ1v) is 9.65. The number of aromatic nitrogens is 2. The highest BCUT2D eigenvalue weighted by molar-refractivity contribution is 5.95. The minimum absolute atomic E-state index is 0.186. The van der Waals surface area contributed by atoms with Gasteiger partial charge in [0.05, 0.1) is 17.8 Å². The standard InChI is InChI=1S/C21H28N4O/c1-16-13-19(17(2)25(16)14-18-5-3-4-9-23-18)20(26)24-11-7-21(8-12-24)6-10-22-15-21/h3-5,9,13,22H,6-8,10-12,14-15H2,1-2H3. The highest BCUT2D eigenvalue weighted by Gasteiger charge is 2.38. The second-order valence-electron chi connectivity index (χ2n) is 7.91. The van der Waals surface area contributed by atoms with E-state index in [1.54, 1.807) is 0 Å². The third kappa shape index (κ3) is 3.16. The van der Waals surface area contributed by atoms with Crippen molar-refractivity contribution < 1.29 is 4.79 Å². The van der Waals surface area contributed by atoms with Gasteiger partial charge in [0.2, 0.25) is 0 Å². The molecule has 4 heterocycles. The largest absolute Gasteiger partial charge is 0.342 e. The molecule has 0 bridgehead atoms. The van der Waals surface area contributed by atoms with Gasteiger partial charge in [-0.3, -0.25) is 9.78 Å². The summed E-state index contributed by atoms with van der Waals surface area (Å²) in [5.74, 6) is 0.186. The zero-order valence-electron chi connectivity index (χ0n) is 15.8. The maximum Gasteiger partial charge on any atom is 0.255 e. The fourth-order valence-electron chi connectivity index (χ4n) is 4.49. The molecule has 2 fully saturated rings. The molecule has 0 saturated carbocycles. The van der Waals surface area contributed by atoms with E-state index in [0.29, 0.717) is 12.0 Å². The number of aryl methyl sites for hydroxylation is 1. The lowest BCUT2D eigenvalue weighted by Crippen LogP contribution is -2.44. The third-order valence-electron chi connectivity index (χ3n) is 6.29. The molecule has 0 radical (unpaired) electrons. The first kappa shape index (κ1) is 17.3. The van der Waals surface area contributed by atoms with Gasteiger partial charge in [0.25, 0.3) is 5.91 Å². The topological polar surface area (TPSA) is 50.2 Å². The van der Waals surface area contributed by atoms with Crippen molar-refractivity contribution in [3.05, 3.63) is 53.1 Å². The summed E-state index contributed by atoms with van der Waals surface area (Å²) >= 11 is 0. The number of nitrogens with one attached hydrogen (secondary N) is 1. The van der Waals surface area contributed by atoms with Crippen molar-refractivity contribution in [3.63, 3.8) is 0 Å². The Morgan fingerprint density at radius 2 is 2.04 bits per heavy atom. The summed E-state index contributed by atoms with van der Waals surface area (Å²) in [6.07, 6.45) is 5.32. The summed E-state index contributed by atoms with van der Waals surface area (Å²) in [4.78, 5) is 19.6. The van der Waals surface area contributed by atoms with Gasteiger partial charge in [-0.2, -0.15) is 0 Å². The number of pyridine rings is 1. The van der Waals surface area contributed by atoms with Gasteiger partial charge in [-0.1, -0.05) is 6.07 Å². The molecule has 5 nitrogen and oxygen atoms in total. The van der Waals surface area contributed by atoms with Crippen molar-refractivity contribution in [3.8, 4) is 0 Å². The molecular formula is C21H28N4O. The molecule has 26 heavy (non-hydrogen) atoms. The van der Waals surface area contributed by atoms with Gasteiger partial charge in [0, 0.05) is 37.2 Å². The number of piperidine rings is 1. The molecule has 0 aliphatic carbocycles. The molecule has 1 amide bonds. The van der Waals surface area contributed by atoms with Crippen LogP contribution in [0.3, 0.4) is 0 Å². The fourth-order valence-corrected chi connectivity index (χ4v) is 4.49. The summed E-state index contributed by atoms with van der Waals surface area (Å²) in [5, 5.41) is 3.49. The highest BCUT2D eigenvalue weighted by atomic mass is 16.2. The number of likely N-dealkylation sites (tertiary alicyclic amines) is 1. The Morgan fingerprint density at radius 3 is 2.69 bits per heavy atom. The van der Waals surface area contributed by atoms with E-state index in [-0.39, 0.29) is 5.91 Å². The van der Waals surface area contributed by atoms with Gasteiger partial charge in [0.1, 0.15) is 0 Å². The minimum atomic E-state index is 0.186. The van der Waals surface area contributed by atoms with Crippen LogP contribution in [0.4, 0.5) is 0 Å². The van der Waals surface area contributed by atoms with Gasteiger partial charge in [-0.15, -0.1) is 0 Å². The van der Waals surface area contributed by atoms with Crippen molar-refractivity contribution >= 4 is 5.91 Å². The van der Waals surface area contributed by atoms with E-state index in [1.807, 2.05) is 30.5 Å². The molecule has 1 spiro atoms. The van der Waals surface area contributed by atoms with E-state index in [9.17, 15) is 4.79 Å². The van der Waals surface area contributed by atoms with Gasteiger partial charge in [-0.05, 0) is 63.3 Å². The molecule has 2 saturated heterocycles. The van der Waals surface area contributed by atoms with Crippen LogP contribution in [0.5, 0.6) is 0 Å². The van der Waals surface area contributed by atoms with Crippen molar-refractivity contribution in [1.82, 2.24) is 19.8 Å². The lowest BCUT2D eigenvalue weighted by atomic mass is 9.78. The normalized spacial score (nSPS) is 19.2. The lowest BCUT2D eigenvalue weighted by molar-refractivity contribution is 0.0607. The molecule has 2 aromatic rings. The summed E-state index contributed by atoms with van der Waals surface area (Å²) in [7, 11) is 0. The van der Waals surface area contributed by atoms with E-state index < -0.39 is 0 Å². The van der Waals surface area contributed by atoms with Crippen LogP contribution < -0.4 is 5.32 Å². The second kappa shape index (κ2) is 6.88. The lowest BCUT2D eigenvalue weighted by Gasteiger charge is -2.38. The number of amides is 1. The van der Waals surface area contributed by atoms with Crippen molar-refractivity contribution in [2.24, 2.45) is 5.41 Å². The third-order valence-corrected chi connectivity index (χ3v) is 6.29. The smallest absolute Gasteiger partial charge is 0.255 e. The van der Waals surface area contributed by atoms with Crippen LogP contribution in [0.25, 0.3) is 0 Å². The molecule has 2 aliphatic heterocycles. The summed E-state index contributed by atoms with van der Waals surface area (Å²) in [6, 6.07) is 8.00. The number of nitrogens with zero attached hydrogens (tertiary/aromatic N) is 3. The number of hydrogen-bond donors (Lipinski definition) is 1. The van der Waals surface area contributed by atoms with Crippen LogP contribution in [0.1, 0.15) is 46.7 Å². The van der Waals surface area contributed by atoms with E-state index >= 15 is 0 Å². The first-order valence-electron chi connectivity index (χ1n) is 9.65. The Morgan fingerprint density at radius 1 is 1.23 bits per heavy atom. The van der Waals surface area contributed by atoms with Crippen molar-refractivity contribution in [2.75, 3.05) is 26.2 Å². The van der Waals surface area contributed by atoms with Gasteiger partial charge in [-0.25, -0.2) is 0 Å². The van der Waals surface area contributed by atoms with E-state index in [2.05, 4.69) is 33.6 Å². The van der Waals surface area contributed by atoms with Crippen LogP contribution >= 0.6 is 0 Å². The molecule has 1 N–H and O–H groups in total. The SMILES string of the molecule is Cc1cc(C(=O)N2CCC3(CCNC3)CC2)c(C)n1Cc1ccccn1. The monoisotopic (exact) mass is 352 g/mol. The first-order chi connectivity index (χ1) is 12.6. The quantitative estimate of drug-likeness (QED) is 0.924. The Kier molecular flexibility index (Phi) is 4.57. The fraction of sp³-hybridized carbons (Fsp3) is 0.524. The average molecular weight is 352 g/mol. The molecule has 0 unspecified atom stereocenters. The van der Waals surface area contributed by atoms with Crippen LogP contribution in [-0.2, 0) is 6.54 Å². The van der Waals surface area contributed by atoms with E-state index in [1.165, 1.54) is 6.42 Å². The van der Waals surface area contributed by atoms with Gasteiger partial charge < -0.3 is 14.8 Å². The van der Waals surface area contributed by atoms with Gasteiger partial charge in [0.15, 0.2) is 0 Å². The number of carbonyl (C=O) groups excluding carboxylic acids is 1. The Hall–Kier alpha value is -2.14. The second-order valence-corrected chi connectivity index (χ2v) is 7.91. The number of hydrogen-bond acceptors (Lipinski definition) is 3. The predicted molar refractivity (Wildman–Crippen MR) is 102 cm³/mol. The number of carbonyl (C=O) groups is 1. The summed E-state index contributed by atoms with van der Waals surface area (Å²) in [6.45, 7) is 8.84. The molecule has 0 aromatic carbocycles. The Balaban J connectivity index is 1.49. The molecule has 5 heteroatoms. The molecule has 2 aliphatic rings. The zero-order valence-corrected chi connectivity index (χ0v) is 15.8. The van der Waals surface area contributed by atoms with Crippen LogP contribution in [-0.4, -0.2) is 46.5 Å². The van der Waals surface area contributed by atoms with Crippen LogP contribution in [0.15, 0.2) is 30.5 Å². The van der Waals surface area contributed by atoms with Crippen molar-refractivity contribution in [2.45, 2.75) is 39.7 Å². The minimum Gasteiger partial charge on any atom is -0.342 e. The van der Waals surface area contributed by atoms with Crippen LogP contribution in [0.2, 0.25) is 0 Å². The summed E-state index contributed by atoms with van der Waals surface area (Å²) in [5.41, 5.74) is 4.46. The molecule has 4 rings (SSSR count). The molecule has 0 atom stereocenters. The molecular weight excluding hydrogens is 324 g/mol. The maximum atomic E-state index is 13.1.